The van der Waals surface area contributed by atoms with Gasteiger partial charge < -0.3 is 19.5 Å². The van der Waals surface area contributed by atoms with Crippen molar-refractivity contribution in [3.63, 3.8) is 0 Å². The molecule has 1 atom stereocenters. The summed E-state index contributed by atoms with van der Waals surface area (Å²) < 4.78 is 24.6. The third kappa shape index (κ3) is 4.97. The van der Waals surface area contributed by atoms with Gasteiger partial charge in [-0.25, -0.2) is 9.18 Å². The van der Waals surface area contributed by atoms with Crippen LogP contribution in [0.5, 0.6) is 11.5 Å². The zero-order valence-corrected chi connectivity index (χ0v) is 15.4. The molecule has 1 unspecified atom stereocenters. The Hall–Kier alpha value is -3.09. The number of rotatable bonds is 8. The molecule has 0 aromatic heterocycles. The van der Waals surface area contributed by atoms with Gasteiger partial charge in [0.25, 0.3) is 5.91 Å². The van der Waals surface area contributed by atoms with E-state index in [1.165, 1.54) is 29.2 Å². The summed E-state index contributed by atoms with van der Waals surface area (Å²) in [7, 11) is 1.59. The van der Waals surface area contributed by atoms with Crippen LogP contribution in [0.15, 0.2) is 42.5 Å². The predicted octanol–water partition coefficient (Wildman–Crippen LogP) is 3.52. The molecular formula is C20H22FNO5. The van der Waals surface area contributed by atoms with Crippen LogP contribution in [-0.4, -0.2) is 42.1 Å². The Morgan fingerprint density at radius 2 is 1.85 bits per heavy atom. The fraction of sp³-hybridized carbons (Fsp3) is 0.300. The molecule has 0 aliphatic carbocycles. The third-order valence-corrected chi connectivity index (χ3v) is 4.10. The molecule has 7 heteroatoms. The summed E-state index contributed by atoms with van der Waals surface area (Å²) in [6, 6.07) is 10.3. The number of hydrogen-bond donors (Lipinski definition) is 1. The average Bonchev–Trinajstić information content (AvgIpc) is 2.65. The van der Waals surface area contributed by atoms with Crippen molar-refractivity contribution in [2.24, 2.45) is 0 Å². The van der Waals surface area contributed by atoms with Crippen LogP contribution in [0.4, 0.5) is 4.39 Å². The molecule has 0 spiro atoms. The second-order valence-corrected chi connectivity index (χ2v) is 5.89. The first-order valence-electron chi connectivity index (χ1n) is 8.48. The maximum absolute atomic E-state index is 14.0. The molecule has 1 amide bonds. The lowest BCUT2D eigenvalue weighted by Crippen LogP contribution is -2.30. The molecule has 0 radical (unpaired) electrons. The smallest absolute Gasteiger partial charge is 0.341 e. The molecule has 6 nitrogen and oxygen atoms in total. The third-order valence-electron chi connectivity index (χ3n) is 4.10. The molecule has 0 saturated heterocycles. The predicted molar refractivity (Wildman–Crippen MR) is 97.7 cm³/mol. The van der Waals surface area contributed by atoms with E-state index in [2.05, 4.69) is 0 Å². The normalized spacial score (nSPS) is 11.6. The van der Waals surface area contributed by atoms with Gasteiger partial charge in [0, 0.05) is 18.2 Å². The van der Waals surface area contributed by atoms with Crippen molar-refractivity contribution in [1.82, 2.24) is 4.90 Å². The molecule has 0 aliphatic rings. The number of aliphatic carboxylic acids is 1. The van der Waals surface area contributed by atoms with Gasteiger partial charge in [0.2, 0.25) is 0 Å². The van der Waals surface area contributed by atoms with Crippen LogP contribution in [0.25, 0.3) is 0 Å². The quantitative estimate of drug-likeness (QED) is 0.764. The molecule has 2 aromatic rings. The van der Waals surface area contributed by atoms with Gasteiger partial charge in [0.05, 0.1) is 12.6 Å². The van der Waals surface area contributed by atoms with E-state index < -0.39 is 18.6 Å². The summed E-state index contributed by atoms with van der Waals surface area (Å²) in [4.78, 5) is 24.9. The fourth-order valence-electron chi connectivity index (χ4n) is 2.57. The van der Waals surface area contributed by atoms with Crippen LogP contribution in [0.1, 0.15) is 35.8 Å². The van der Waals surface area contributed by atoms with Crippen LogP contribution in [-0.2, 0) is 4.79 Å². The van der Waals surface area contributed by atoms with Crippen molar-refractivity contribution in [3.8, 4) is 11.5 Å². The van der Waals surface area contributed by atoms with Crippen molar-refractivity contribution >= 4 is 11.9 Å². The number of carbonyl (C=O) groups is 2. The maximum Gasteiger partial charge on any atom is 0.341 e. The van der Waals surface area contributed by atoms with E-state index in [0.29, 0.717) is 17.7 Å². The van der Waals surface area contributed by atoms with Crippen molar-refractivity contribution in [2.45, 2.75) is 19.9 Å². The monoisotopic (exact) mass is 375 g/mol. The summed E-state index contributed by atoms with van der Waals surface area (Å²) in [5, 5.41) is 8.75. The van der Waals surface area contributed by atoms with Gasteiger partial charge in [0.1, 0.15) is 5.82 Å². The summed E-state index contributed by atoms with van der Waals surface area (Å²) in [5.74, 6) is -1.30. The number of carbonyl (C=O) groups excluding carboxylic acids is 1. The van der Waals surface area contributed by atoms with E-state index in [9.17, 15) is 14.0 Å². The van der Waals surface area contributed by atoms with E-state index in [1.54, 1.807) is 39.1 Å². The Balaban J connectivity index is 2.25. The second-order valence-electron chi connectivity index (χ2n) is 5.89. The minimum Gasteiger partial charge on any atom is -0.490 e. The van der Waals surface area contributed by atoms with E-state index in [-0.39, 0.29) is 23.2 Å². The van der Waals surface area contributed by atoms with Crippen molar-refractivity contribution < 1.29 is 28.6 Å². The Bertz CT molecular complexity index is 824. The average molecular weight is 375 g/mol. The maximum atomic E-state index is 14.0. The molecule has 0 heterocycles. The van der Waals surface area contributed by atoms with Gasteiger partial charge in [-0.1, -0.05) is 18.2 Å². The molecule has 2 aromatic carbocycles. The Kier molecular flexibility index (Phi) is 6.76. The van der Waals surface area contributed by atoms with Crippen molar-refractivity contribution in [3.05, 3.63) is 59.4 Å². The Labute approximate surface area is 157 Å². The van der Waals surface area contributed by atoms with E-state index in [1.807, 2.05) is 0 Å². The molecule has 0 fully saturated rings. The largest absolute Gasteiger partial charge is 0.490 e. The number of halogens is 1. The zero-order valence-electron chi connectivity index (χ0n) is 15.4. The minimum absolute atomic E-state index is 0.237. The van der Waals surface area contributed by atoms with Gasteiger partial charge in [0.15, 0.2) is 18.1 Å². The number of ether oxygens (including phenoxy) is 2. The van der Waals surface area contributed by atoms with Gasteiger partial charge >= 0.3 is 5.97 Å². The number of carboxylic acid groups (broad SMARTS) is 1. The minimum atomic E-state index is -1.11. The first-order chi connectivity index (χ1) is 12.8. The first kappa shape index (κ1) is 20.2. The summed E-state index contributed by atoms with van der Waals surface area (Å²) in [6.07, 6.45) is 0. The van der Waals surface area contributed by atoms with E-state index >= 15 is 0 Å². The second kappa shape index (κ2) is 9.02. The summed E-state index contributed by atoms with van der Waals surface area (Å²) in [6.45, 7) is 3.31. The van der Waals surface area contributed by atoms with E-state index in [0.717, 1.165) is 0 Å². The molecule has 0 saturated carbocycles. The Morgan fingerprint density at radius 1 is 1.15 bits per heavy atom. The number of amides is 1. The number of hydrogen-bond acceptors (Lipinski definition) is 4. The standard InChI is InChI=1S/C20H22FNO5/c1-4-26-18-11-14(9-10-17(18)27-12-19(23)24)20(25)22(3)13(2)15-7-5-6-8-16(15)21/h5-11,13H,4,12H2,1-3H3,(H,23,24). The van der Waals surface area contributed by atoms with Crippen LogP contribution >= 0.6 is 0 Å². The van der Waals surface area contributed by atoms with Crippen LogP contribution in [0, 0.1) is 5.82 Å². The molecule has 1 N–H and O–H groups in total. The van der Waals surface area contributed by atoms with Crippen LogP contribution < -0.4 is 9.47 Å². The lowest BCUT2D eigenvalue weighted by molar-refractivity contribution is -0.139. The molecule has 0 bridgehead atoms. The number of nitrogens with zero attached hydrogens (tertiary/aromatic N) is 1. The van der Waals surface area contributed by atoms with Crippen LogP contribution in [0.2, 0.25) is 0 Å². The van der Waals surface area contributed by atoms with Gasteiger partial charge in [-0.3, -0.25) is 4.79 Å². The van der Waals surface area contributed by atoms with Crippen molar-refractivity contribution in [1.29, 1.82) is 0 Å². The van der Waals surface area contributed by atoms with Gasteiger partial charge in [-0.15, -0.1) is 0 Å². The summed E-state index contributed by atoms with van der Waals surface area (Å²) >= 11 is 0. The molecule has 27 heavy (non-hydrogen) atoms. The van der Waals surface area contributed by atoms with E-state index in [4.69, 9.17) is 14.6 Å². The molecular weight excluding hydrogens is 353 g/mol. The Morgan fingerprint density at radius 3 is 2.48 bits per heavy atom. The van der Waals surface area contributed by atoms with Crippen molar-refractivity contribution in [2.75, 3.05) is 20.3 Å². The zero-order chi connectivity index (χ0) is 20.0. The molecule has 2 rings (SSSR count). The highest BCUT2D eigenvalue weighted by atomic mass is 19.1. The highest BCUT2D eigenvalue weighted by Crippen LogP contribution is 2.30. The number of benzene rings is 2. The topological polar surface area (TPSA) is 76.1 Å². The van der Waals surface area contributed by atoms with Crippen LogP contribution in [0.3, 0.4) is 0 Å². The lowest BCUT2D eigenvalue weighted by atomic mass is 10.1. The SMILES string of the molecule is CCOc1cc(C(=O)N(C)C(C)c2ccccc2F)ccc1OCC(=O)O. The highest BCUT2D eigenvalue weighted by Gasteiger charge is 2.22. The first-order valence-corrected chi connectivity index (χ1v) is 8.48. The van der Waals surface area contributed by atoms with Gasteiger partial charge in [-0.05, 0) is 38.1 Å². The molecule has 0 aliphatic heterocycles. The summed E-state index contributed by atoms with van der Waals surface area (Å²) in [5.41, 5.74) is 0.742. The number of carboxylic acids is 1. The fourth-order valence-corrected chi connectivity index (χ4v) is 2.57. The highest BCUT2D eigenvalue weighted by molar-refractivity contribution is 5.95. The van der Waals surface area contributed by atoms with Gasteiger partial charge in [-0.2, -0.15) is 0 Å². The lowest BCUT2D eigenvalue weighted by Gasteiger charge is -2.26. The molecule has 144 valence electrons.